The number of alkyl halides is 3. The van der Waals surface area contributed by atoms with Gasteiger partial charge >= 0.3 is 6.18 Å². The largest absolute Gasteiger partial charge is 0.396 e. The Morgan fingerprint density at radius 2 is 1.95 bits per heavy atom. The molecule has 1 aromatic carbocycles. The smallest absolute Gasteiger partial charge is 0.395 e. The van der Waals surface area contributed by atoms with Crippen molar-refractivity contribution in [1.29, 1.82) is 0 Å². The van der Waals surface area contributed by atoms with Crippen LogP contribution in [0.2, 0.25) is 0 Å². The minimum absolute atomic E-state index is 0.0589. The van der Waals surface area contributed by atoms with Gasteiger partial charge in [0.15, 0.2) is 0 Å². The maximum Gasteiger partial charge on any atom is 0.395 e. The molecular formula is C14H18F3NO. The van der Waals surface area contributed by atoms with Gasteiger partial charge in [0.05, 0.1) is 5.41 Å². The lowest BCUT2D eigenvalue weighted by Crippen LogP contribution is -2.43. The Morgan fingerprint density at radius 1 is 1.32 bits per heavy atom. The van der Waals surface area contributed by atoms with Crippen LogP contribution in [0.15, 0.2) is 30.3 Å². The van der Waals surface area contributed by atoms with Gasteiger partial charge in [-0.2, -0.15) is 13.2 Å². The average Bonchev–Trinajstić information content (AvgIpc) is 2.67. The lowest BCUT2D eigenvalue weighted by Gasteiger charge is -2.32. The van der Waals surface area contributed by atoms with Gasteiger partial charge < -0.3 is 5.11 Å². The summed E-state index contributed by atoms with van der Waals surface area (Å²) in [5, 5.41) is 9.22. The van der Waals surface area contributed by atoms with Crippen molar-refractivity contribution in [1.82, 2.24) is 4.90 Å². The van der Waals surface area contributed by atoms with Crippen molar-refractivity contribution < 1.29 is 18.3 Å². The summed E-state index contributed by atoms with van der Waals surface area (Å²) in [5.41, 5.74) is -0.832. The van der Waals surface area contributed by atoms with Crippen LogP contribution in [0.1, 0.15) is 12.5 Å². The van der Waals surface area contributed by atoms with Crippen molar-refractivity contribution in [2.24, 2.45) is 11.3 Å². The first-order valence-corrected chi connectivity index (χ1v) is 6.30. The highest BCUT2D eigenvalue weighted by Crippen LogP contribution is 2.48. The number of likely N-dealkylation sites (tertiary alicyclic amines) is 1. The van der Waals surface area contributed by atoms with E-state index in [-0.39, 0.29) is 13.1 Å². The Balaban J connectivity index is 2.11. The van der Waals surface area contributed by atoms with Gasteiger partial charge in [-0.3, -0.25) is 4.90 Å². The first kappa shape index (κ1) is 14.3. The van der Waals surface area contributed by atoms with E-state index in [1.165, 1.54) is 6.92 Å². The highest BCUT2D eigenvalue weighted by molar-refractivity contribution is 5.15. The van der Waals surface area contributed by atoms with Crippen LogP contribution in [0.4, 0.5) is 13.2 Å². The zero-order valence-corrected chi connectivity index (χ0v) is 10.8. The number of benzene rings is 1. The molecule has 1 fully saturated rings. The van der Waals surface area contributed by atoms with Crippen molar-refractivity contribution >= 4 is 0 Å². The summed E-state index contributed by atoms with van der Waals surface area (Å²) in [6.45, 7) is 1.49. The zero-order valence-electron chi connectivity index (χ0n) is 10.8. The summed E-state index contributed by atoms with van der Waals surface area (Å²) < 4.78 is 39.5. The molecule has 0 amide bonds. The topological polar surface area (TPSA) is 23.5 Å². The number of nitrogens with zero attached hydrogens (tertiary/aromatic N) is 1. The molecule has 106 valence electrons. The Bertz CT molecular complexity index is 420. The molecule has 0 spiro atoms. The first-order chi connectivity index (χ1) is 8.87. The summed E-state index contributed by atoms with van der Waals surface area (Å²) in [5.74, 6) is -0.754. The molecule has 1 heterocycles. The molecule has 0 saturated carbocycles. The van der Waals surface area contributed by atoms with E-state index >= 15 is 0 Å². The molecule has 2 atom stereocenters. The van der Waals surface area contributed by atoms with Crippen molar-refractivity contribution in [2.45, 2.75) is 19.6 Å². The molecule has 0 aliphatic carbocycles. The van der Waals surface area contributed by atoms with Crippen molar-refractivity contribution in [2.75, 3.05) is 19.7 Å². The summed E-state index contributed by atoms with van der Waals surface area (Å²) in [6.07, 6.45) is -4.29. The fraction of sp³-hybridized carbons (Fsp3) is 0.571. The Hall–Kier alpha value is -1.07. The van der Waals surface area contributed by atoms with Crippen LogP contribution in [0.5, 0.6) is 0 Å². The highest BCUT2D eigenvalue weighted by atomic mass is 19.4. The molecule has 0 unspecified atom stereocenters. The summed E-state index contributed by atoms with van der Waals surface area (Å²) in [7, 11) is 0. The average molecular weight is 273 g/mol. The lowest BCUT2D eigenvalue weighted by atomic mass is 9.80. The molecule has 19 heavy (non-hydrogen) atoms. The third kappa shape index (κ3) is 2.77. The highest BCUT2D eigenvalue weighted by Gasteiger charge is 2.59. The van der Waals surface area contributed by atoms with Crippen LogP contribution in [0, 0.1) is 11.3 Å². The van der Waals surface area contributed by atoms with Gasteiger partial charge in [-0.1, -0.05) is 30.3 Å². The fourth-order valence-electron chi connectivity index (χ4n) is 2.71. The van der Waals surface area contributed by atoms with E-state index in [4.69, 9.17) is 0 Å². The molecule has 0 radical (unpaired) electrons. The summed E-state index contributed by atoms with van der Waals surface area (Å²) >= 11 is 0. The van der Waals surface area contributed by atoms with Crippen LogP contribution in [0.3, 0.4) is 0 Å². The van der Waals surface area contributed by atoms with Crippen molar-refractivity contribution in [3.05, 3.63) is 35.9 Å². The molecule has 0 bridgehead atoms. The van der Waals surface area contributed by atoms with E-state index < -0.39 is 24.1 Å². The SMILES string of the molecule is C[C@@]1(C(F)(F)F)CN(Cc2ccccc2)C[C@@H]1CO. The van der Waals surface area contributed by atoms with Crippen LogP contribution >= 0.6 is 0 Å². The minimum atomic E-state index is -4.29. The van der Waals surface area contributed by atoms with Gasteiger partial charge in [0, 0.05) is 32.2 Å². The Kier molecular flexibility index (Phi) is 3.87. The fourth-order valence-corrected chi connectivity index (χ4v) is 2.71. The van der Waals surface area contributed by atoms with E-state index in [1.54, 1.807) is 4.90 Å². The predicted molar refractivity (Wildman–Crippen MR) is 66.5 cm³/mol. The van der Waals surface area contributed by atoms with Crippen LogP contribution in [-0.2, 0) is 6.54 Å². The first-order valence-electron chi connectivity index (χ1n) is 6.30. The maximum atomic E-state index is 13.2. The quantitative estimate of drug-likeness (QED) is 0.915. The predicted octanol–water partition coefficient (Wildman–Crippen LogP) is 2.68. The van der Waals surface area contributed by atoms with Crippen LogP contribution < -0.4 is 0 Å². The van der Waals surface area contributed by atoms with Gasteiger partial charge in [0.25, 0.3) is 0 Å². The third-order valence-corrected chi connectivity index (χ3v) is 4.05. The van der Waals surface area contributed by atoms with Crippen molar-refractivity contribution in [3.8, 4) is 0 Å². The number of hydrogen-bond donors (Lipinski definition) is 1. The molecule has 5 heteroatoms. The van der Waals surface area contributed by atoms with E-state index in [1.807, 2.05) is 30.3 Å². The molecule has 1 aromatic rings. The van der Waals surface area contributed by atoms with Crippen LogP contribution in [-0.4, -0.2) is 35.9 Å². The van der Waals surface area contributed by atoms with Gasteiger partial charge in [-0.25, -0.2) is 0 Å². The lowest BCUT2D eigenvalue weighted by molar-refractivity contribution is -0.228. The second kappa shape index (κ2) is 5.13. The molecule has 2 rings (SSSR count). The number of aliphatic hydroxyl groups is 1. The number of hydrogen-bond acceptors (Lipinski definition) is 2. The monoisotopic (exact) mass is 273 g/mol. The second-order valence-electron chi connectivity index (χ2n) is 5.45. The van der Waals surface area contributed by atoms with E-state index in [0.29, 0.717) is 6.54 Å². The molecule has 1 aliphatic rings. The maximum absolute atomic E-state index is 13.2. The molecule has 0 aromatic heterocycles. The van der Waals surface area contributed by atoms with Gasteiger partial charge in [0.1, 0.15) is 0 Å². The number of halogens is 3. The van der Waals surface area contributed by atoms with Gasteiger partial charge in [0.2, 0.25) is 0 Å². The molecule has 1 aliphatic heterocycles. The number of rotatable bonds is 3. The molecule has 1 saturated heterocycles. The minimum Gasteiger partial charge on any atom is -0.396 e. The summed E-state index contributed by atoms with van der Waals surface area (Å²) in [4.78, 5) is 1.77. The Morgan fingerprint density at radius 3 is 2.42 bits per heavy atom. The standard InChI is InChI=1S/C14H18F3NO/c1-13(14(15,16)17)10-18(8-12(13)9-19)7-11-5-3-2-4-6-11/h2-6,12,19H,7-10H2,1H3/t12-,13-/m1/s1. The zero-order chi connectivity index (χ0) is 14.1. The van der Waals surface area contributed by atoms with Crippen molar-refractivity contribution in [3.63, 3.8) is 0 Å². The van der Waals surface area contributed by atoms with E-state index in [2.05, 4.69) is 0 Å². The van der Waals surface area contributed by atoms with Gasteiger partial charge in [-0.15, -0.1) is 0 Å². The molecular weight excluding hydrogens is 255 g/mol. The normalized spacial score (nSPS) is 28.8. The second-order valence-corrected chi connectivity index (χ2v) is 5.45. The van der Waals surface area contributed by atoms with E-state index in [9.17, 15) is 18.3 Å². The van der Waals surface area contributed by atoms with Gasteiger partial charge in [-0.05, 0) is 12.5 Å². The Labute approximate surface area is 110 Å². The molecule has 2 nitrogen and oxygen atoms in total. The van der Waals surface area contributed by atoms with Crippen LogP contribution in [0.25, 0.3) is 0 Å². The third-order valence-electron chi connectivity index (χ3n) is 4.05. The molecule has 1 N–H and O–H groups in total. The number of aliphatic hydroxyl groups excluding tert-OH is 1. The summed E-state index contributed by atoms with van der Waals surface area (Å²) in [6, 6.07) is 9.42. The van der Waals surface area contributed by atoms with E-state index in [0.717, 1.165) is 5.56 Å².